The summed E-state index contributed by atoms with van der Waals surface area (Å²) in [7, 11) is 0. The topological polar surface area (TPSA) is 48.3 Å². The second-order valence-corrected chi connectivity index (χ2v) is 6.45. The maximum atomic E-state index is 9.29. The summed E-state index contributed by atoms with van der Waals surface area (Å²) >= 11 is 0. The highest BCUT2D eigenvalue weighted by atomic mass is 16.5. The lowest BCUT2D eigenvalue weighted by molar-refractivity contribution is 0.0398. The molecule has 0 radical (unpaired) electrons. The van der Waals surface area contributed by atoms with Crippen molar-refractivity contribution >= 4 is 11.3 Å². The zero-order valence-corrected chi connectivity index (χ0v) is 15.9. The molecule has 1 aliphatic heterocycles. The second kappa shape index (κ2) is 10.6. The van der Waals surface area contributed by atoms with Gasteiger partial charge in [0.2, 0.25) is 0 Å². The Bertz CT molecular complexity index is 689. The minimum atomic E-state index is 0.707. The van der Waals surface area contributed by atoms with Gasteiger partial charge in [-0.15, -0.1) is 0 Å². The number of morpholine rings is 1. The van der Waals surface area contributed by atoms with Gasteiger partial charge in [-0.1, -0.05) is 43.4 Å². The van der Waals surface area contributed by atoms with E-state index in [0.29, 0.717) is 5.57 Å². The predicted octanol–water partition coefficient (Wildman–Crippen LogP) is 4.25. The Morgan fingerprint density at radius 2 is 1.96 bits per heavy atom. The Morgan fingerprint density at radius 3 is 2.58 bits per heavy atom. The van der Waals surface area contributed by atoms with Crippen molar-refractivity contribution in [3.05, 3.63) is 59.7 Å². The van der Waals surface area contributed by atoms with Gasteiger partial charge in [0.05, 0.1) is 19.3 Å². The largest absolute Gasteiger partial charge is 0.384 e. The molecule has 1 saturated heterocycles. The fraction of sp³-hybridized carbons (Fsp3) is 0.409. The van der Waals surface area contributed by atoms with E-state index in [-0.39, 0.29) is 0 Å². The van der Waals surface area contributed by atoms with Gasteiger partial charge < -0.3 is 10.1 Å². The number of nitrogens with one attached hydrogen (secondary N) is 1. The minimum Gasteiger partial charge on any atom is -0.384 e. The van der Waals surface area contributed by atoms with Crippen molar-refractivity contribution in [3.63, 3.8) is 0 Å². The van der Waals surface area contributed by atoms with E-state index in [4.69, 9.17) is 4.74 Å². The lowest BCUT2D eigenvalue weighted by atomic mass is 9.99. The molecule has 1 heterocycles. The third-order valence-electron chi connectivity index (χ3n) is 4.57. The maximum absolute atomic E-state index is 9.29. The molecule has 26 heavy (non-hydrogen) atoms. The SMILES string of the molecule is C=C(C=CC(=C(C)C#N)c1ccc(NCCN2CCOCC2)cc1)CC. The zero-order chi connectivity index (χ0) is 18.8. The van der Waals surface area contributed by atoms with Gasteiger partial charge in [-0.2, -0.15) is 5.26 Å². The molecule has 0 saturated carbocycles. The maximum Gasteiger partial charge on any atom is 0.0950 e. The number of nitriles is 1. The molecular formula is C22H29N3O. The standard InChI is InChI=1S/C22H29N3O/c1-4-18(2)5-10-22(19(3)17-23)20-6-8-21(9-7-20)24-11-12-25-13-15-26-16-14-25/h5-10,24H,2,4,11-16H2,1,3H3. The molecule has 0 spiro atoms. The average molecular weight is 351 g/mol. The Balaban J connectivity index is 1.98. The Hall–Kier alpha value is -2.35. The number of rotatable bonds is 8. The Kier molecular flexibility index (Phi) is 8.14. The summed E-state index contributed by atoms with van der Waals surface area (Å²) in [6.45, 7) is 13.5. The first-order valence-electron chi connectivity index (χ1n) is 9.25. The van der Waals surface area contributed by atoms with Crippen molar-refractivity contribution in [2.75, 3.05) is 44.7 Å². The van der Waals surface area contributed by atoms with Crippen molar-refractivity contribution in [3.8, 4) is 6.07 Å². The van der Waals surface area contributed by atoms with E-state index >= 15 is 0 Å². The predicted molar refractivity (Wildman–Crippen MR) is 109 cm³/mol. The smallest absolute Gasteiger partial charge is 0.0950 e. The molecule has 0 aliphatic carbocycles. The fourth-order valence-corrected chi connectivity index (χ4v) is 2.77. The van der Waals surface area contributed by atoms with E-state index in [1.54, 1.807) is 0 Å². The van der Waals surface area contributed by atoms with Crippen LogP contribution in [0.2, 0.25) is 0 Å². The number of ether oxygens (including phenoxy) is 1. The van der Waals surface area contributed by atoms with Crippen LogP contribution in [0.25, 0.3) is 5.57 Å². The first-order chi connectivity index (χ1) is 12.6. The van der Waals surface area contributed by atoms with Gasteiger partial charge >= 0.3 is 0 Å². The van der Waals surface area contributed by atoms with E-state index < -0.39 is 0 Å². The van der Waals surface area contributed by atoms with Crippen molar-refractivity contribution in [1.29, 1.82) is 5.26 Å². The lowest BCUT2D eigenvalue weighted by Crippen LogP contribution is -2.38. The Labute approximate surface area is 157 Å². The molecule has 138 valence electrons. The normalized spacial score (nSPS) is 16.2. The van der Waals surface area contributed by atoms with E-state index in [1.165, 1.54) is 0 Å². The molecular weight excluding hydrogens is 322 g/mol. The van der Waals surface area contributed by atoms with Crippen LogP contribution in [0.3, 0.4) is 0 Å². The summed E-state index contributed by atoms with van der Waals surface area (Å²) in [5.74, 6) is 0. The highest BCUT2D eigenvalue weighted by Crippen LogP contribution is 2.23. The lowest BCUT2D eigenvalue weighted by Gasteiger charge is -2.26. The van der Waals surface area contributed by atoms with Gasteiger partial charge in [0, 0.05) is 37.4 Å². The highest BCUT2D eigenvalue weighted by molar-refractivity contribution is 5.79. The molecule has 1 fully saturated rings. The van der Waals surface area contributed by atoms with Crippen molar-refractivity contribution in [2.24, 2.45) is 0 Å². The summed E-state index contributed by atoms with van der Waals surface area (Å²) in [5, 5.41) is 12.8. The number of hydrogen-bond donors (Lipinski definition) is 1. The van der Waals surface area contributed by atoms with E-state index in [2.05, 4.69) is 54.1 Å². The van der Waals surface area contributed by atoms with Crippen LogP contribution < -0.4 is 5.32 Å². The Morgan fingerprint density at radius 1 is 1.27 bits per heavy atom. The number of anilines is 1. The molecule has 2 rings (SSSR count). The molecule has 4 nitrogen and oxygen atoms in total. The van der Waals surface area contributed by atoms with Gasteiger partial charge in [-0.3, -0.25) is 4.90 Å². The van der Waals surface area contributed by atoms with Crippen LogP contribution >= 0.6 is 0 Å². The van der Waals surface area contributed by atoms with Gasteiger partial charge in [0.25, 0.3) is 0 Å². The quantitative estimate of drug-likeness (QED) is 0.562. The van der Waals surface area contributed by atoms with Crippen LogP contribution in [-0.2, 0) is 4.74 Å². The van der Waals surface area contributed by atoms with Crippen LogP contribution in [0, 0.1) is 11.3 Å². The summed E-state index contributed by atoms with van der Waals surface area (Å²) in [5.41, 5.74) is 4.84. The fourth-order valence-electron chi connectivity index (χ4n) is 2.77. The number of hydrogen-bond acceptors (Lipinski definition) is 4. The molecule has 0 atom stereocenters. The van der Waals surface area contributed by atoms with E-state index in [1.807, 2.05) is 19.1 Å². The highest BCUT2D eigenvalue weighted by Gasteiger charge is 2.09. The molecule has 0 amide bonds. The second-order valence-electron chi connectivity index (χ2n) is 6.45. The summed E-state index contributed by atoms with van der Waals surface area (Å²) < 4.78 is 5.37. The molecule has 1 aromatic rings. The monoisotopic (exact) mass is 351 g/mol. The van der Waals surface area contributed by atoms with Gasteiger partial charge in [0.1, 0.15) is 0 Å². The van der Waals surface area contributed by atoms with Crippen molar-refractivity contribution in [2.45, 2.75) is 20.3 Å². The molecule has 4 heteroatoms. The number of allylic oxidation sites excluding steroid dienone is 5. The number of nitrogens with zero attached hydrogens (tertiary/aromatic N) is 2. The van der Waals surface area contributed by atoms with Crippen LogP contribution in [0.5, 0.6) is 0 Å². The van der Waals surface area contributed by atoms with Gasteiger partial charge in [0.15, 0.2) is 0 Å². The van der Waals surface area contributed by atoms with Crippen LogP contribution in [0.4, 0.5) is 5.69 Å². The van der Waals surface area contributed by atoms with E-state index in [9.17, 15) is 5.26 Å². The molecule has 1 aromatic carbocycles. The van der Waals surface area contributed by atoms with Gasteiger partial charge in [-0.05, 0) is 36.6 Å². The molecule has 1 N–H and O–H groups in total. The molecule has 1 aliphatic rings. The van der Waals surface area contributed by atoms with Crippen molar-refractivity contribution < 1.29 is 4.74 Å². The van der Waals surface area contributed by atoms with E-state index in [0.717, 1.165) is 68.2 Å². The zero-order valence-electron chi connectivity index (χ0n) is 15.9. The third-order valence-corrected chi connectivity index (χ3v) is 4.57. The van der Waals surface area contributed by atoms with Gasteiger partial charge in [-0.25, -0.2) is 0 Å². The third kappa shape index (κ3) is 6.18. The van der Waals surface area contributed by atoms with Crippen molar-refractivity contribution in [1.82, 2.24) is 4.90 Å². The van der Waals surface area contributed by atoms with Crippen LogP contribution in [-0.4, -0.2) is 44.3 Å². The molecule has 0 aromatic heterocycles. The van der Waals surface area contributed by atoms with Crippen LogP contribution in [0.15, 0.2) is 54.1 Å². The average Bonchev–Trinajstić information content (AvgIpc) is 2.69. The number of benzene rings is 1. The van der Waals surface area contributed by atoms with Crippen LogP contribution in [0.1, 0.15) is 25.8 Å². The summed E-state index contributed by atoms with van der Waals surface area (Å²) in [6, 6.07) is 10.5. The minimum absolute atomic E-state index is 0.707. The molecule has 0 bridgehead atoms. The molecule has 0 unspecified atom stereocenters. The summed E-state index contributed by atoms with van der Waals surface area (Å²) in [6.07, 6.45) is 4.89. The first-order valence-corrected chi connectivity index (χ1v) is 9.25. The summed E-state index contributed by atoms with van der Waals surface area (Å²) in [4.78, 5) is 2.41. The first kappa shape index (κ1) is 20.0.